The van der Waals surface area contributed by atoms with Gasteiger partial charge in [0.05, 0.1) is 0 Å². The molecule has 1 heterocycles. The first-order valence-corrected chi connectivity index (χ1v) is 5.66. The molecule has 0 radical (unpaired) electrons. The maximum absolute atomic E-state index is 12.4. The molecule has 0 aliphatic rings. The summed E-state index contributed by atoms with van der Waals surface area (Å²) in [6.45, 7) is 1.16. The monoisotopic (exact) mass is 267 g/mol. The number of rotatable bonds is 3. The van der Waals surface area contributed by atoms with Crippen molar-refractivity contribution in [2.75, 3.05) is 0 Å². The number of nitrogens with two attached hydrogens (primary N) is 1. The normalized spacial score (nSPS) is 11.8. The number of nitrogens with zero attached hydrogens (tertiary/aromatic N) is 2. The van der Waals surface area contributed by atoms with Crippen LogP contribution in [0.3, 0.4) is 0 Å². The number of hydrogen-bond donors (Lipinski definition) is 1. The Morgan fingerprint density at radius 2 is 2.06 bits per heavy atom. The summed E-state index contributed by atoms with van der Waals surface area (Å²) in [6, 6.07) is 0.710. The van der Waals surface area contributed by atoms with E-state index in [1.54, 1.807) is 0 Å². The molecule has 17 heavy (non-hydrogen) atoms. The van der Waals surface area contributed by atoms with Gasteiger partial charge in [-0.25, -0.2) is 22.3 Å². The first-order chi connectivity index (χ1) is 7.64. The predicted molar refractivity (Wildman–Crippen MR) is 52.0 cm³/mol. The van der Waals surface area contributed by atoms with Gasteiger partial charge in [-0.3, -0.25) is 0 Å². The SMILES string of the molecule is Cc1cc(S(N)(=O)=O)c([N+](=O)[O-])nc1C(F)F. The van der Waals surface area contributed by atoms with Crippen LogP contribution in [0.15, 0.2) is 11.0 Å². The standard InChI is InChI=1S/C7H7F2N3O4S/c1-3-2-4(17(10,15)16)7(12(13)14)11-5(3)6(8)9/h2,6H,1H3,(H2,10,15,16). The predicted octanol–water partition coefficient (Wildman–Crippen LogP) is 0.883. The van der Waals surface area contributed by atoms with E-state index in [-0.39, 0.29) is 5.56 Å². The summed E-state index contributed by atoms with van der Waals surface area (Å²) in [4.78, 5) is 11.5. The van der Waals surface area contributed by atoms with Crippen molar-refractivity contribution in [2.24, 2.45) is 5.14 Å². The molecule has 0 saturated heterocycles. The highest BCUT2D eigenvalue weighted by molar-refractivity contribution is 7.89. The third kappa shape index (κ3) is 2.71. The van der Waals surface area contributed by atoms with Crippen molar-refractivity contribution in [3.63, 3.8) is 0 Å². The van der Waals surface area contributed by atoms with E-state index in [1.165, 1.54) is 0 Å². The zero-order valence-electron chi connectivity index (χ0n) is 8.42. The van der Waals surface area contributed by atoms with E-state index in [0.717, 1.165) is 6.92 Å². The Hall–Kier alpha value is -1.68. The summed E-state index contributed by atoms with van der Waals surface area (Å²) < 4.78 is 46.9. The van der Waals surface area contributed by atoms with Crippen LogP contribution < -0.4 is 5.14 Å². The minimum absolute atomic E-state index is 0.186. The van der Waals surface area contributed by atoms with Crippen molar-refractivity contribution in [1.82, 2.24) is 4.98 Å². The molecular weight excluding hydrogens is 260 g/mol. The number of hydrogen-bond acceptors (Lipinski definition) is 5. The number of nitro groups is 1. The topological polar surface area (TPSA) is 116 Å². The average molecular weight is 267 g/mol. The molecule has 1 aromatic rings. The number of aryl methyl sites for hydroxylation is 1. The van der Waals surface area contributed by atoms with Crippen molar-refractivity contribution < 1.29 is 22.1 Å². The Labute approximate surface area is 94.5 Å². The maximum Gasteiger partial charge on any atom is 0.384 e. The van der Waals surface area contributed by atoms with Gasteiger partial charge in [0.1, 0.15) is 0 Å². The highest BCUT2D eigenvalue weighted by atomic mass is 32.2. The highest BCUT2D eigenvalue weighted by Crippen LogP contribution is 2.28. The fraction of sp³-hybridized carbons (Fsp3) is 0.286. The van der Waals surface area contributed by atoms with E-state index in [9.17, 15) is 27.3 Å². The Morgan fingerprint density at radius 1 is 1.53 bits per heavy atom. The molecule has 7 nitrogen and oxygen atoms in total. The minimum atomic E-state index is -4.39. The van der Waals surface area contributed by atoms with Gasteiger partial charge in [0, 0.05) is 5.56 Å². The van der Waals surface area contributed by atoms with Crippen molar-refractivity contribution in [3.8, 4) is 0 Å². The van der Waals surface area contributed by atoms with Crippen LogP contribution in [0.1, 0.15) is 17.7 Å². The van der Waals surface area contributed by atoms with Crippen molar-refractivity contribution in [3.05, 3.63) is 27.4 Å². The molecule has 0 unspecified atom stereocenters. The van der Waals surface area contributed by atoms with Gasteiger partial charge in [0.2, 0.25) is 15.7 Å². The Morgan fingerprint density at radius 3 is 2.41 bits per heavy atom. The Bertz CT molecular complexity index is 573. The van der Waals surface area contributed by atoms with Crippen LogP contribution in [0.5, 0.6) is 0 Å². The van der Waals surface area contributed by atoms with Crippen LogP contribution >= 0.6 is 0 Å². The molecule has 2 N–H and O–H groups in total. The van der Waals surface area contributed by atoms with Crippen LogP contribution in [-0.4, -0.2) is 18.3 Å². The van der Waals surface area contributed by atoms with Gasteiger partial charge in [0.25, 0.3) is 0 Å². The van der Waals surface area contributed by atoms with Gasteiger partial charge < -0.3 is 10.1 Å². The van der Waals surface area contributed by atoms with Crippen LogP contribution in [0.25, 0.3) is 0 Å². The van der Waals surface area contributed by atoms with Gasteiger partial charge in [0.15, 0.2) is 4.90 Å². The lowest BCUT2D eigenvalue weighted by molar-refractivity contribution is -0.392. The zero-order valence-corrected chi connectivity index (χ0v) is 9.24. The summed E-state index contributed by atoms with van der Waals surface area (Å²) >= 11 is 0. The fourth-order valence-electron chi connectivity index (χ4n) is 1.15. The second-order valence-electron chi connectivity index (χ2n) is 3.12. The van der Waals surface area contributed by atoms with Crippen LogP contribution in [-0.2, 0) is 10.0 Å². The summed E-state index contributed by atoms with van der Waals surface area (Å²) in [7, 11) is -4.39. The maximum atomic E-state index is 12.4. The van der Waals surface area contributed by atoms with Crippen LogP contribution in [0.2, 0.25) is 0 Å². The zero-order chi connectivity index (χ0) is 13.4. The third-order valence-electron chi connectivity index (χ3n) is 1.88. The van der Waals surface area contributed by atoms with E-state index in [2.05, 4.69) is 4.98 Å². The smallest absolute Gasteiger partial charge is 0.358 e. The molecule has 0 spiro atoms. The first kappa shape index (κ1) is 13.4. The lowest BCUT2D eigenvalue weighted by atomic mass is 10.2. The van der Waals surface area contributed by atoms with E-state index in [0.29, 0.717) is 6.07 Å². The van der Waals surface area contributed by atoms with Gasteiger partial charge in [-0.15, -0.1) is 0 Å². The molecule has 0 aliphatic carbocycles. The van der Waals surface area contributed by atoms with E-state index >= 15 is 0 Å². The van der Waals surface area contributed by atoms with Gasteiger partial charge >= 0.3 is 12.2 Å². The molecule has 0 bridgehead atoms. The molecule has 10 heteroatoms. The third-order valence-corrected chi connectivity index (χ3v) is 2.80. The van der Waals surface area contributed by atoms with E-state index in [4.69, 9.17) is 5.14 Å². The van der Waals surface area contributed by atoms with Gasteiger partial charge in [-0.05, 0) is 22.9 Å². The highest BCUT2D eigenvalue weighted by Gasteiger charge is 2.30. The number of pyridine rings is 1. The molecule has 0 amide bonds. The summed E-state index contributed by atoms with van der Waals surface area (Å²) in [5, 5.41) is 15.3. The summed E-state index contributed by atoms with van der Waals surface area (Å²) in [5.41, 5.74) is -1.03. The van der Waals surface area contributed by atoms with Crippen molar-refractivity contribution in [1.29, 1.82) is 0 Å². The summed E-state index contributed by atoms with van der Waals surface area (Å²) in [6.07, 6.45) is -3.04. The molecule has 1 rings (SSSR count). The van der Waals surface area contributed by atoms with Gasteiger partial charge in [-0.1, -0.05) is 0 Å². The van der Waals surface area contributed by atoms with Crippen molar-refractivity contribution >= 4 is 15.8 Å². The molecule has 0 aromatic carbocycles. The number of halogens is 2. The number of aromatic nitrogens is 1. The quantitative estimate of drug-likeness (QED) is 0.644. The molecule has 0 aliphatic heterocycles. The first-order valence-electron chi connectivity index (χ1n) is 4.11. The lowest BCUT2D eigenvalue weighted by Crippen LogP contribution is -2.16. The lowest BCUT2D eigenvalue weighted by Gasteiger charge is -2.04. The number of sulfonamides is 1. The second kappa shape index (κ2) is 4.30. The summed E-state index contributed by atoms with van der Waals surface area (Å²) in [5.74, 6) is -1.20. The fourth-order valence-corrected chi connectivity index (χ4v) is 1.87. The second-order valence-corrected chi connectivity index (χ2v) is 4.64. The van der Waals surface area contributed by atoms with Gasteiger partial charge in [-0.2, -0.15) is 0 Å². The largest absolute Gasteiger partial charge is 0.384 e. The van der Waals surface area contributed by atoms with E-state index in [1.807, 2.05) is 0 Å². The molecule has 0 fully saturated rings. The Balaban J connectivity index is 3.65. The van der Waals surface area contributed by atoms with E-state index < -0.39 is 37.8 Å². The molecule has 0 saturated carbocycles. The number of primary sulfonamides is 1. The number of alkyl halides is 2. The molecule has 94 valence electrons. The molecule has 0 atom stereocenters. The Kier molecular flexibility index (Phi) is 3.38. The van der Waals surface area contributed by atoms with Crippen molar-refractivity contribution in [2.45, 2.75) is 18.2 Å². The average Bonchev–Trinajstić information content (AvgIpc) is 2.14. The van der Waals surface area contributed by atoms with Crippen LogP contribution in [0.4, 0.5) is 14.6 Å². The minimum Gasteiger partial charge on any atom is -0.358 e. The molecule has 1 aromatic heterocycles. The molecular formula is C7H7F2N3O4S. The van der Waals surface area contributed by atoms with Crippen LogP contribution in [0, 0.1) is 17.0 Å².